The van der Waals surface area contributed by atoms with E-state index in [1.807, 2.05) is 24.3 Å². The van der Waals surface area contributed by atoms with Crippen molar-refractivity contribution in [1.29, 1.82) is 0 Å². The van der Waals surface area contributed by atoms with Gasteiger partial charge in [-0.1, -0.05) is 17.3 Å². The SMILES string of the molecule is Cc1cc(NC(=O)CN2CCCC2c2nc3ccccc3[nH]2)no1. The lowest BCUT2D eigenvalue weighted by Gasteiger charge is -2.21. The van der Waals surface area contributed by atoms with Crippen LogP contribution in [0, 0.1) is 6.92 Å². The van der Waals surface area contributed by atoms with Gasteiger partial charge in [0.05, 0.1) is 23.6 Å². The normalized spacial score (nSPS) is 18.3. The number of carbonyl (C=O) groups is 1. The number of anilines is 1. The molecule has 2 aromatic heterocycles. The number of carbonyl (C=O) groups excluding carboxylic acids is 1. The van der Waals surface area contributed by atoms with Gasteiger partial charge in [-0.15, -0.1) is 0 Å². The number of nitrogens with one attached hydrogen (secondary N) is 2. The summed E-state index contributed by atoms with van der Waals surface area (Å²) in [7, 11) is 0. The minimum atomic E-state index is -0.0914. The predicted octanol–water partition coefficient (Wildman–Crippen LogP) is 2.63. The summed E-state index contributed by atoms with van der Waals surface area (Å²) in [4.78, 5) is 22.5. The second-order valence-corrected chi connectivity index (χ2v) is 6.14. The van der Waals surface area contributed by atoms with Crippen LogP contribution >= 0.6 is 0 Å². The fraction of sp³-hybridized carbons (Fsp3) is 0.353. The molecule has 1 aliphatic heterocycles. The monoisotopic (exact) mass is 325 g/mol. The van der Waals surface area contributed by atoms with E-state index < -0.39 is 0 Å². The first kappa shape index (κ1) is 14.9. The fourth-order valence-electron chi connectivity index (χ4n) is 3.25. The number of amides is 1. The van der Waals surface area contributed by atoms with E-state index in [-0.39, 0.29) is 11.9 Å². The minimum absolute atomic E-state index is 0.0914. The number of rotatable bonds is 4. The Morgan fingerprint density at radius 1 is 1.46 bits per heavy atom. The smallest absolute Gasteiger partial charge is 0.239 e. The number of aromatic amines is 1. The molecule has 1 aromatic carbocycles. The first-order valence-electron chi connectivity index (χ1n) is 8.11. The highest BCUT2D eigenvalue weighted by molar-refractivity contribution is 5.91. The summed E-state index contributed by atoms with van der Waals surface area (Å²) in [6, 6.07) is 9.83. The summed E-state index contributed by atoms with van der Waals surface area (Å²) in [5.74, 6) is 1.97. The molecule has 0 aliphatic carbocycles. The number of benzene rings is 1. The highest BCUT2D eigenvalue weighted by Gasteiger charge is 2.30. The average Bonchev–Trinajstić information content (AvgIpc) is 3.26. The number of hydrogen-bond acceptors (Lipinski definition) is 5. The molecule has 1 unspecified atom stereocenters. The van der Waals surface area contributed by atoms with Crippen LogP contribution in [0.3, 0.4) is 0 Å². The van der Waals surface area contributed by atoms with Crippen molar-refractivity contribution < 1.29 is 9.32 Å². The molecule has 3 heterocycles. The number of fused-ring (bicyclic) bond motifs is 1. The molecule has 4 rings (SSSR count). The summed E-state index contributed by atoms with van der Waals surface area (Å²) >= 11 is 0. The molecule has 1 aliphatic rings. The van der Waals surface area contributed by atoms with Crippen molar-refractivity contribution >= 4 is 22.8 Å². The number of para-hydroxylation sites is 2. The molecule has 0 saturated carbocycles. The van der Waals surface area contributed by atoms with Crippen LogP contribution in [-0.4, -0.2) is 39.0 Å². The van der Waals surface area contributed by atoms with Gasteiger partial charge in [-0.3, -0.25) is 9.69 Å². The summed E-state index contributed by atoms with van der Waals surface area (Å²) in [5.41, 5.74) is 1.99. The van der Waals surface area contributed by atoms with Crippen LogP contribution in [-0.2, 0) is 4.79 Å². The molecule has 1 amide bonds. The molecule has 124 valence electrons. The lowest BCUT2D eigenvalue weighted by Crippen LogP contribution is -2.33. The van der Waals surface area contributed by atoms with Crippen molar-refractivity contribution in [3.8, 4) is 0 Å². The Hall–Kier alpha value is -2.67. The third kappa shape index (κ3) is 2.90. The van der Waals surface area contributed by atoms with E-state index in [2.05, 4.69) is 25.3 Å². The van der Waals surface area contributed by atoms with Crippen LogP contribution in [0.4, 0.5) is 5.82 Å². The highest BCUT2D eigenvalue weighted by Crippen LogP contribution is 2.31. The van der Waals surface area contributed by atoms with Gasteiger partial charge in [0, 0.05) is 6.07 Å². The van der Waals surface area contributed by atoms with Crippen molar-refractivity contribution in [2.24, 2.45) is 0 Å². The van der Waals surface area contributed by atoms with E-state index in [1.165, 1.54) is 0 Å². The Bertz CT molecular complexity index is 836. The maximum atomic E-state index is 12.3. The Kier molecular flexibility index (Phi) is 3.78. The number of aromatic nitrogens is 3. The Morgan fingerprint density at radius 3 is 3.12 bits per heavy atom. The maximum Gasteiger partial charge on any atom is 0.239 e. The van der Waals surface area contributed by atoms with Gasteiger partial charge in [0.25, 0.3) is 0 Å². The van der Waals surface area contributed by atoms with Crippen LogP contribution in [0.25, 0.3) is 11.0 Å². The quantitative estimate of drug-likeness (QED) is 0.770. The molecule has 0 bridgehead atoms. The van der Waals surface area contributed by atoms with Crippen molar-refractivity contribution in [2.75, 3.05) is 18.4 Å². The van der Waals surface area contributed by atoms with E-state index in [0.717, 1.165) is 36.2 Å². The van der Waals surface area contributed by atoms with E-state index in [0.29, 0.717) is 18.1 Å². The molecule has 7 nitrogen and oxygen atoms in total. The number of aryl methyl sites for hydroxylation is 1. The molecular weight excluding hydrogens is 306 g/mol. The van der Waals surface area contributed by atoms with Crippen molar-refractivity contribution in [3.63, 3.8) is 0 Å². The average molecular weight is 325 g/mol. The van der Waals surface area contributed by atoms with Gasteiger partial charge >= 0.3 is 0 Å². The van der Waals surface area contributed by atoms with Crippen LogP contribution in [0.1, 0.15) is 30.5 Å². The van der Waals surface area contributed by atoms with Crippen LogP contribution in [0.2, 0.25) is 0 Å². The van der Waals surface area contributed by atoms with Crippen LogP contribution in [0.5, 0.6) is 0 Å². The summed E-state index contributed by atoms with van der Waals surface area (Å²) in [6.07, 6.45) is 2.05. The van der Waals surface area contributed by atoms with Crippen molar-refractivity contribution in [2.45, 2.75) is 25.8 Å². The zero-order chi connectivity index (χ0) is 16.5. The van der Waals surface area contributed by atoms with E-state index in [4.69, 9.17) is 4.52 Å². The first-order chi connectivity index (χ1) is 11.7. The number of likely N-dealkylation sites (tertiary alicyclic amines) is 1. The maximum absolute atomic E-state index is 12.3. The summed E-state index contributed by atoms with van der Waals surface area (Å²) in [5, 5.41) is 6.56. The summed E-state index contributed by atoms with van der Waals surface area (Å²) in [6.45, 7) is 2.99. The summed E-state index contributed by atoms with van der Waals surface area (Å²) < 4.78 is 4.97. The van der Waals surface area contributed by atoms with Gasteiger partial charge in [0.15, 0.2) is 5.82 Å². The zero-order valence-corrected chi connectivity index (χ0v) is 13.5. The van der Waals surface area contributed by atoms with Gasteiger partial charge < -0.3 is 14.8 Å². The first-order valence-corrected chi connectivity index (χ1v) is 8.11. The Balaban J connectivity index is 1.47. The van der Waals surface area contributed by atoms with Crippen LogP contribution in [0.15, 0.2) is 34.9 Å². The molecule has 0 radical (unpaired) electrons. The third-order valence-corrected chi connectivity index (χ3v) is 4.33. The largest absolute Gasteiger partial charge is 0.360 e. The molecule has 7 heteroatoms. The van der Waals surface area contributed by atoms with Gasteiger partial charge in [-0.05, 0) is 38.4 Å². The van der Waals surface area contributed by atoms with Crippen LogP contribution < -0.4 is 5.32 Å². The third-order valence-electron chi connectivity index (χ3n) is 4.33. The Morgan fingerprint density at radius 2 is 2.33 bits per heavy atom. The minimum Gasteiger partial charge on any atom is -0.360 e. The fourth-order valence-corrected chi connectivity index (χ4v) is 3.25. The second kappa shape index (κ2) is 6.09. The number of nitrogens with zero attached hydrogens (tertiary/aromatic N) is 3. The lowest BCUT2D eigenvalue weighted by atomic mass is 10.2. The molecule has 2 N–H and O–H groups in total. The second-order valence-electron chi connectivity index (χ2n) is 6.14. The lowest BCUT2D eigenvalue weighted by molar-refractivity contribution is -0.117. The zero-order valence-electron chi connectivity index (χ0n) is 13.5. The van der Waals surface area contributed by atoms with E-state index in [9.17, 15) is 4.79 Å². The molecule has 1 fully saturated rings. The van der Waals surface area contributed by atoms with Gasteiger partial charge in [0.1, 0.15) is 11.6 Å². The molecule has 3 aromatic rings. The van der Waals surface area contributed by atoms with Crippen molar-refractivity contribution in [3.05, 3.63) is 41.9 Å². The van der Waals surface area contributed by atoms with E-state index >= 15 is 0 Å². The molecule has 1 atom stereocenters. The molecule has 24 heavy (non-hydrogen) atoms. The molecule has 0 spiro atoms. The van der Waals surface area contributed by atoms with Gasteiger partial charge in [-0.25, -0.2) is 4.98 Å². The number of hydrogen-bond donors (Lipinski definition) is 2. The Labute approximate surface area is 139 Å². The van der Waals surface area contributed by atoms with Gasteiger partial charge in [0.2, 0.25) is 5.91 Å². The molecular formula is C17H19N5O2. The predicted molar refractivity (Wildman–Crippen MR) is 89.5 cm³/mol. The molecule has 1 saturated heterocycles. The number of H-pyrrole nitrogens is 1. The highest BCUT2D eigenvalue weighted by atomic mass is 16.5. The van der Waals surface area contributed by atoms with Gasteiger partial charge in [-0.2, -0.15) is 0 Å². The van der Waals surface area contributed by atoms with E-state index in [1.54, 1.807) is 13.0 Å². The topological polar surface area (TPSA) is 87.0 Å². The standard InChI is InChI=1S/C17H19N5O2/c1-11-9-15(21-24-11)20-16(23)10-22-8-4-7-14(22)17-18-12-5-2-3-6-13(12)19-17/h2-3,5-6,9,14H,4,7-8,10H2,1H3,(H,18,19)(H,20,21,23). The van der Waals surface area contributed by atoms with Crippen molar-refractivity contribution in [1.82, 2.24) is 20.0 Å². The number of imidazole rings is 1.